The molecule has 630 valence electrons. The Labute approximate surface area is 663 Å². The van der Waals surface area contributed by atoms with Gasteiger partial charge < -0.3 is 89.9 Å². The Hall–Kier alpha value is -4.33. The first-order valence-corrected chi connectivity index (χ1v) is 43.1. The third kappa shape index (κ3) is 47.5. The second-order valence-corrected chi connectivity index (χ2v) is 29.9. The van der Waals surface area contributed by atoms with Crippen LogP contribution in [0.15, 0.2) is 146 Å². The van der Waals surface area contributed by atoms with Gasteiger partial charge >= 0.3 is 0 Å². The van der Waals surface area contributed by atoms with Crippen molar-refractivity contribution in [2.24, 2.45) is 0 Å². The minimum Gasteiger partial charge on any atom is -0.394 e. The molecule has 3 aliphatic heterocycles. The molecule has 0 spiro atoms. The summed E-state index contributed by atoms with van der Waals surface area (Å²) < 4.78 is 34.4. The zero-order chi connectivity index (χ0) is 79.5. The summed E-state index contributed by atoms with van der Waals surface area (Å²) >= 11 is 0. The highest BCUT2D eigenvalue weighted by molar-refractivity contribution is 5.76. The molecular formula is C91H153NO18. The van der Waals surface area contributed by atoms with Gasteiger partial charge in [0.25, 0.3) is 0 Å². The second-order valence-electron chi connectivity index (χ2n) is 29.9. The zero-order valence-corrected chi connectivity index (χ0v) is 67.7. The SMILES string of the molecule is CC/C=C\C/C=C\C/C=C\C/C=C\C/C=C\C/C=C\C/C=C\C/C=C\C/C=C\CCCCCCCC(=O)NC(COC1OC(CO)C(OC2OC(CO)C(OC3OC(CO)C(O)C(O)C3O)C(O)C2O)C(O)C1O)C(O)/C=C/CC/C=C/CC/C=C/CCCCCCCCCCCCCCCCCCCCCCCC. The fraction of sp³-hybridized carbons (Fsp3) is 0.725. The van der Waals surface area contributed by atoms with Crippen molar-refractivity contribution in [2.75, 3.05) is 26.4 Å². The number of aliphatic hydroxyl groups is 11. The van der Waals surface area contributed by atoms with Gasteiger partial charge in [0, 0.05) is 6.42 Å². The standard InChI is InChI=1S/C91H153NO18/c1-3-5-7-9-11-13-15-17-19-21-23-25-27-29-31-33-35-37-39-41-43-45-47-49-51-53-55-57-59-61-63-65-67-69-79(97)92-74(75(96)68-66-64-62-60-58-56-54-52-50-48-46-44-42-40-38-36-34-32-30-28-26-24-22-20-18-16-14-12-10-8-6-4-2)73-105-89-85(103)82(100)87(77(71-94)107-89)110-91-86(104)83(101)88(78(72-95)108-91)109-90-84(102)81(99)80(98)76(70-93)106-90/h5,7,11,13,17,19,23,25,29,31,35,37,41,43,47,49-50,52-53,55,58,60,66,68,74-78,80-91,93-96,98-104H,3-4,6,8-10,12,14-16,18,20-22,24,26-28,30,32-34,36,38-40,42,44-46,48,51,54,56-57,59,61-65,67,69-73H2,1-2H3,(H,92,97)/b7-5-,13-11-,19-17-,25-23-,31-29-,37-35-,43-41-,49-47-,52-50+,55-53-,60-58+,68-66+. The lowest BCUT2D eigenvalue weighted by molar-refractivity contribution is -0.379. The van der Waals surface area contributed by atoms with E-state index < -0.39 is 124 Å². The normalized spacial score (nSPS) is 25.9. The van der Waals surface area contributed by atoms with Crippen molar-refractivity contribution in [3.8, 4) is 0 Å². The maximum Gasteiger partial charge on any atom is 0.220 e. The van der Waals surface area contributed by atoms with Crippen molar-refractivity contribution in [3.63, 3.8) is 0 Å². The molecule has 1 amide bonds. The minimum atomic E-state index is -1.99. The second kappa shape index (κ2) is 69.0. The van der Waals surface area contributed by atoms with Crippen LogP contribution in [-0.2, 0) is 33.2 Å². The van der Waals surface area contributed by atoms with Gasteiger partial charge in [0.05, 0.1) is 38.6 Å². The Morgan fingerprint density at radius 1 is 0.336 bits per heavy atom. The Balaban J connectivity index is 1.39. The molecule has 0 aromatic heterocycles. The third-order valence-corrected chi connectivity index (χ3v) is 20.3. The van der Waals surface area contributed by atoms with Gasteiger partial charge in [0.2, 0.25) is 5.91 Å². The van der Waals surface area contributed by atoms with Crippen molar-refractivity contribution in [3.05, 3.63) is 146 Å². The maximum atomic E-state index is 13.5. The van der Waals surface area contributed by atoms with Crippen molar-refractivity contribution < 1.29 is 89.4 Å². The molecule has 17 unspecified atom stereocenters. The molecule has 3 saturated heterocycles. The summed E-state index contributed by atoms with van der Waals surface area (Å²) in [5.41, 5.74) is 0. The number of hydrogen-bond donors (Lipinski definition) is 12. The van der Waals surface area contributed by atoms with Crippen LogP contribution >= 0.6 is 0 Å². The predicted octanol–water partition coefficient (Wildman–Crippen LogP) is 15.8. The number of hydrogen-bond acceptors (Lipinski definition) is 18. The number of carbonyl (C=O) groups is 1. The molecule has 3 fully saturated rings. The summed E-state index contributed by atoms with van der Waals surface area (Å²) in [6.45, 7) is 1.59. The van der Waals surface area contributed by atoms with E-state index in [9.17, 15) is 61.0 Å². The Kier molecular flexibility index (Phi) is 62.7. The number of ether oxygens (including phenoxy) is 6. The van der Waals surface area contributed by atoms with E-state index in [4.69, 9.17) is 28.4 Å². The van der Waals surface area contributed by atoms with Gasteiger partial charge in [-0.2, -0.15) is 0 Å². The maximum absolute atomic E-state index is 13.5. The van der Waals surface area contributed by atoms with E-state index in [1.165, 1.54) is 141 Å². The van der Waals surface area contributed by atoms with E-state index in [-0.39, 0.29) is 18.9 Å². The van der Waals surface area contributed by atoms with E-state index in [1.807, 2.05) is 6.08 Å². The third-order valence-electron chi connectivity index (χ3n) is 20.3. The van der Waals surface area contributed by atoms with Gasteiger partial charge in [-0.3, -0.25) is 4.79 Å². The number of nitrogens with one attached hydrogen (secondary N) is 1. The van der Waals surface area contributed by atoms with Gasteiger partial charge in [0.15, 0.2) is 18.9 Å². The lowest BCUT2D eigenvalue weighted by atomic mass is 9.96. The van der Waals surface area contributed by atoms with Crippen molar-refractivity contribution in [1.82, 2.24) is 5.32 Å². The molecule has 0 aromatic rings. The first-order chi connectivity index (χ1) is 53.8. The van der Waals surface area contributed by atoms with E-state index in [0.717, 1.165) is 116 Å². The lowest BCUT2D eigenvalue weighted by Gasteiger charge is -2.48. The van der Waals surface area contributed by atoms with Crippen LogP contribution in [0.5, 0.6) is 0 Å². The highest BCUT2D eigenvalue weighted by atomic mass is 16.8. The first kappa shape index (κ1) is 99.9. The van der Waals surface area contributed by atoms with Gasteiger partial charge in [-0.25, -0.2) is 0 Å². The topological polar surface area (TPSA) is 307 Å². The first-order valence-electron chi connectivity index (χ1n) is 43.1. The van der Waals surface area contributed by atoms with Crippen LogP contribution in [0.25, 0.3) is 0 Å². The zero-order valence-electron chi connectivity index (χ0n) is 67.7. The van der Waals surface area contributed by atoms with Gasteiger partial charge in [-0.05, 0) is 116 Å². The van der Waals surface area contributed by atoms with Crippen LogP contribution in [0.4, 0.5) is 0 Å². The number of carbonyl (C=O) groups excluding carboxylic acids is 1. The quantitative estimate of drug-likeness (QED) is 0.0199. The lowest BCUT2D eigenvalue weighted by Crippen LogP contribution is -2.66. The number of unbranched alkanes of at least 4 members (excludes halogenated alkanes) is 29. The van der Waals surface area contributed by atoms with Gasteiger partial charge in [-0.1, -0.05) is 314 Å². The average Bonchev–Trinajstić information content (AvgIpc) is 0.780. The molecule has 19 nitrogen and oxygen atoms in total. The fourth-order valence-corrected chi connectivity index (χ4v) is 13.5. The van der Waals surface area contributed by atoms with Gasteiger partial charge in [0.1, 0.15) is 73.2 Å². The number of rotatable bonds is 67. The summed E-state index contributed by atoms with van der Waals surface area (Å²) in [4.78, 5) is 13.5. The molecule has 0 aliphatic carbocycles. The summed E-state index contributed by atoms with van der Waals surface area (Å²) in [6.07, 6.45) is 74.1. The van der Waals surface area contributed by atoms with E-state index in [1.54, 1.807) is 6.08 Å². The van der Waals surface area contributed by atoms with E-state index >= 15 is 0 Å². The molecule has 0 bridgehead atoms. The molecule has 3 heterocycles. The predicted molar refractivity (Wildman–Crippen MR) is 442 cm³/mol. The van der Waals surface area contributed by atoms with Crippen LogP contribution in [0.3, 0.4) is 0 Å². The monoisotopic (exact) mass is 1550 g/mol. The summed E-state index contributed by atoms with van der Waals surface area (Å²) in [6, 6.07) is -1.02. The number of allylic oxidation sites excluding steroid dienone is 23. The smallest absolute Gasteiger partial charge is 0.220 e. The molecule has 0 saturated carbocycles. The molecule has 3 aliphatic rings. The van der Waals surface area contributed by atoms with E-state index in [2.05, 4.69) is 153 Å². The summed E-state index contributed by atoms with van der Waals surface area (Å²) in [5, 5.41) is 121. The van der Waals surface area contributed by atoms with Crippen molar-refractivity contribution >= 4 is 5.91 Å². The van der Waals surface area contributed by atoms with Crippen LogP contribution in [-0.4, -0.2) is 193 Å². The molecule has 0 aromatic carbocycles. The minimum absolute atomic E-state index is 0.199. The van der Waals surface area contributed by atoms with Crippen molar-refractivity contribution in [1.29, 1.82) is 0 Å². The molecule has 110 heavy (non-hydrogen) atoms. The van der Waals surface area contributed by atoms with Crippen LogP contribution in [0.2, 0.25) is 0 Å². The number of amides is 1. The molecule has 19 heteroatoms. The van der Waals surface area contributed by atoms with Gasteiger partial charge in [-0.15, -0.1) is 0 Å². The van der Waals surface area contributed by atoms with Crippen LogP contribution < -0.4 is 5.32 Å². The largest absolute Gasteiger partial charge is 0.394 e. The summed E-state index contributed by atoms with van der Waals surface area (Å²) in [7, 11) is 0. The van der Waals surface area contributed by atoms with E-state index in [0.29, 0.717) is 12.8 Å². The van der Waals surface area contributed by atoms with Crippen LogP contribution in [0, 0.1) is 0 Å². The summed E-state index contributed by atoms with van der Waals surface area (Å²) in [5.74, 6) is -0.312. The Morgan fingerprint density at radius 3 is 1.02 bits per heavy atom. The highest BCUT2D eigenvalue weighted by Gasteiger charge is 2.54. The molecule has 12 N–H and O–H groups in total. The van der Waals surface area contributed by atoms with Crippen molar-refractivity contribution in [2.45, 2.75) is 394 Å². The fourth-order valence-electron chi connectivity index (χ4n) is 13.5. The molecule has 17 atom stereocenters. The average molecular weight is 1550 g/mol. The molecule has 0 radical (unpaired) electrons. The highest BCUT2D eigenvalue weighted by Crippen LogP contribution is 2.33. The Bertz CT molecular complexity index is 2560. The number of aliphatic hydroxyl groups excluding tert-OH is 11. The molecule has 3 rings (SSSR count). The van der Waals surface area contributed by atoms with Crippen LogP contribution in [0.1, 0.15) is 290 Å². The Morgan fingerprint density at radius 2 is 0.636 bits per heavy atom. The molecular weight excluding hydrogens is 1390 g/mol.